The molecule has 0 unspecified atom stereocenters. The highest BCUT2D eigenvalue weighted by atomic mass is 16.5. The van der Waals surface area contributed by atoms with Crippen LogP contribution in [0.15, 0.2) is 48.5 Å². The second-order valence-electron chi connectivity index (χ2n) is 10.3. The van der Waals surface area contributed by atoms with Crippen LogP contribution in [0.5, 0.6) is 0 Å². The Morgan fingerprint density at radius 2 is 1.51 bits per heavy atom. The Hall–Kier alpha value is -4.21. The highest BCUT2D eigenvalue weighted by molar-refractivity contribution is 6.39. The molecule has 2 aromatic heterocycles. The molecular weight excluding hydrogens is 470 g/mol. The molecule has 1 saturated carbocycles. The van der Waals surface area contributed by atoms with Crippen LogP contribution in [-0.2, 0) is 9.53 Å². The highest BCUT2D eigenvalue weighted by Gasteiger charge is 2.55. The van der Waals surface area contributed by atoms with Gasteiger partial charge in [-0.2, -0.15) is 0 Å². The maximum Gasteiger partial charge on any atom is 0.328 e. The number of hydrogen-bond acceptors (Lipinski definition) is 6. The number of nitrogens with zero attached hydrogens (tertiary/aromatic N) is 2. The summed E-state index contributed by atoms with van der Waals surface area (Å²) in [5, 5.41) is 5.77. The van der Waals surface area contributed by atoms with Gasteiger partial charge in [-0.1, -0.05) is 36.4 Å². The molecule has 9 heteroatoms. The third-order valence-electron chi connectivity index (χ3n) is 8.55. The van der Waals surface area contributed by atoms with Gasteiger partial charge >= 0.3 is 5.97 Å². The fourth-order valence-corrected chi connectivity index (χ4v) is 7.25. The van der Waals surface area contributed by atoms with E-state index in [4.69, 9.17) is 16.2 Å². The molecule has 8 rings (SSSR count). The Kier molecular flexibility index (Phi) is 3.82. The average molecular weight is 494 g/mol. The Morgan fingerprint density at radius 1 is 0.946 bits per heavy atom. The van der Waals surface area contributed by atoms with Gasteiger partial charge in [0, 0.05) is 45.2 Å². The molecule has 2 bridgehead atoms. The van der Waals surface area contributed by atoms with Crippen molar-refractivity contribution in [3.63, 3.8) is 0 Å². The molecule has 3 atom stereocenters. The molecule has 184 valence electrons. The lowest BCUT2D eigenvalue weighted by atomic mass is 9.92. The third-order valence-corrected chi connectivity index (χ3v) is 8.55. The fourth-order valence-electron chi connectivity index (χ4n) is 7.25. The number of rotatable bonds is 3. The number of hydrogen-bond donors (Lipinski definition) is 3. The van der Waals surface area contributed by atoms with Crippen LogP contribution >= 0.6 is 0 Å². The van der Waals surface area contributed by atoms with Crippen molar-refractivity contribution in [3.8, 4) is 0 Å². The van der Waals surface area contributed by atoms with Crippen molar-refractivity contribution in [2.24, 2.45) is 11.5 Å². The van der Waals surface area contributed by atoms with Crippen LogP contribution in [0.4, 0.5) is 0 Å². The minimum Gasteiger partial charge on any atom is -0.463 e. The van der Waals surface area contributed by atoms with Crippen molar-refractivity contribution < 1.29 is 19.1 Å². The molecule has 9 nitrogen and oxygen atoms in total. The summed E-state index contributed by atoms with van der Waals surface area (Å²) in [6.45, 7) is 0.313. The third kappa shape index (κ3) is 2.30. The summed E-state index contributed by atoms with van der Waals surface area (Å²) in [4.78, 5) is 40.0. The van der Waals surface area contributed by atoms with Gasteiger partial charge in [-0.3, -0.25) is 14.9 Å². The van der Waals surface area contributed by atoms with E-state index in [1.807, 2.05) is 48.5 Å². The predicted octanol–water partition coefficient (Wildman–Crippen LogP) is 2.88. The number of aromatic nitrogens is 2. The van der Waals surface area contributed by atoms with Gasteiger partial charge in [0.2, 0.25) is 0 Å². The zero-order chi connectivity index (χ0) is 25.2. The molecule has 5 aromatic rings. The second-order valence-corrected chi connectivity index (χ2v) is 10.3. The molecule has 3 aromatic carbocycles. The van der Waals surface area contributed by atoms with Gasteiger partial charge in [0.1, 0.15) is 12.1 Å². The van der Waals surface area contributed by atoms with Gasteiger partial charge in [0.05, 0.1) is 28.2 Å². The van der Waals surface area contributed by atoms with Crippen LogP contribution in [0, 0.1) is 0 Å². The first-order chi connectivity index (χ1) is 18.0. The number of carbonyl (C=O) groups is 3. The summed E-state index contributed by atoms with van der Waals surface area (Å²) in [5.41, 5.74) is 15.7. The molecule has 0 saturated heterocycles. The Balaban J connectivity index is 1.63. The summed E-state index contributed by atoms with van der Waals surface area (Å²) >= 11 is 0. The Labute approximate surface area is 209 Å². The molecule has 5 N–H and O–H groups in total. The van der Waals surface area contributed by atoms with Gasteiger partial charge in [0.15, 0.2) is 0 Å². The first-order valence-electron chi connectivity index (χ1n) is 12.5. The normalized spacial score (nSPS) is 23.9. The van der Waals surface area contributed by atoms with Crippen LogP contribution in [0.1, 0.15) is 45.6 Å². The topological polar surface area (TPSA) is 134 Å². The maximum absolute atomic E-state index is 13.5. The zero-order valence-corrected chi connectivity index (χ0v) is 19.8. The van der Waals surface area contributed by atoms with E-state index < -0.39 is 23.5 Å². The number of benzene rings is 3. The maximum atomic E-state index is 13.5. The molecule has 0 radical (unpaired) electrons. The van der Waals surface area contributed by atoms with Crippen molar-refractivity contribution >= 4 is 61.4 Å². The molecule has 37 heavy (non-hydrogen) atoms. The number of para-hydroxylation sites is 2. The first-order valence-corrected chi connectivity index (χ1v) is 12.5. The molecule has 2 amide bonds. The van der Waals surface area contributed by atoms with Crippen LogP contribution in [0.2, 0.25) is 0 Å². The number of ether oxygens (including phenoxy) is 1. The fraction of sp³-hybridized carbons (Fsp3) is 0.250. The quantitative estimate of drug-likeness (QED) is 0.261. The van der Waals surface area contributed by atoms with Crippen molar-refractivity contribution in [3.05, 3.63) is 59.7 Å². The van der Waals surface area contributed by atoms with Gasteiger partial charge in [0.25, 0.3) is 11.8 Å². The molecule has 1 aliphatic carbocycles. The van der Waals surface area contributed by atoms with Crippen LogP contribution < -0.4 is 16.8 Å². The zero-order valence-electron chi connectivity index (χ0n) is 19.8. The lowest BCUT2D eigenvalue weighted by molar-refractivity contribution is -0.151. The summed E-state index contributed by atoms with van der Waals surface area (Å²) < 4.78 is 9.90. The monoisotopic (exact) mass is 493 g/mol. The van der Waals surface area contributed by atoms with E-state index in [0.717, 1.165) is 43.6 Å². The van der Waals surface area contributed by atoms with E-state index in [9.17, 15) is 14.4 Å². The number of amides is 2. The number of carbonyl (C=O) groups excluding carboxylic acids is 3. The number of nitrogens with two attached hydrogens (primary N) is 2. The van der Waals surface area contributed by atoms with E-state index in [0.29, 0.717) is 24.0 Å². The number of imide groups is 1. The first kappa shape index (κ1) is 20.9. The van der Waals surface area contributed by atoms with Crippen LogP contribution in [0.25, 0.3) is 43.6 Å². The van der Waals surface area contributed by atoms with Crippen LogP contribution in [-0.4, -0.2) is 45.6 Å². The predicted molar refractivity (Wildman–Crippen MR) is 138 cm³/mol. The molecule has 4 heterocycles. The summed E-state index contributed by atoms with van der Waals surface area (Å²) in [5.74, 6) is -1.26. The van der Waals surface area contributed by atoms with Gasteiger partial charge in [-0.15, -0.1) is 0 Å². The standard InChI is InChI=1S/C28H23N5O4/c29-9-10-37-27(36)28(30)12-13-11-18(28)33-17-8-4-2-6-15(17)20-22-21(25(34)31-26(22)35)19-14-5-1-3-7-16(14)32(13)23(19)24(20)33/h1-8,13,18H,9-12,29-30H2,(H,31,34,35)/t13-,18-,28-/m0/s1. The molecule has 1 fully saturated rings. The SMILES string of the molecule is NCCOC(=O)[C@]1(N)C[C@@H]2C[C@@H]1n1c3ccccc3c3c4c(c5c6ccccc6n2c5c31)C(=O)NC4=O. The summed E-state index contributed by atoms with van der Waals surface area (Å²) in [7, 11) is 0. The number of nitrogens with one attached hydrogen (secondary N) is 1. The van der Waals surface area contributed by atoms with Gasteiger partial charge < -0.3 is 25.3 Å². The van der Waals surface area contributed by atoms with Crippen molar-refractivity contribution in [1.82, 2.24) is 14.5 Å². The Bertz CT molecular complexity index is 1900. The van der Waals surface area contributed by atoms with Crippen molar-refractivity contribution in [1.29, 1.82) is 0 Å². The summed E-state index contributed by atoms with van der Waals surface area (Å²) in [6.07, 6.45) is 0.986. The van der Waals surface area contributed by atoms with Gasteiger partial charge in [-0.05, 0) is 25.0 Å². The molecule has 0 spiro atoms. The van der Waals surface area contributed by atoms with Crippen LogP contribution in [0.3, 0.4) is 0 Å². The van der Waals surface area contributed by atoms with E-state index in [1.54, 1.807) is 0 Å². The second kappa shape index (κ2) is 6.76. The lowest BCUT2D eigenvalue weighted by Gasteiger charge is -2.32. The minimum atomic E-state index is -1.29. The van der Waals surface area contributed by atoms with E-state index in [2.05, 4.69) is 14.5 Å². The highest BCUT2D eigenvalue weighted by Crippen LogP contribution is 2.56. The Morgan fingerprint density at radius 3 is 2.14 bits per heavy atom. The molecule has 3 aliphatic rings. The van der Waals surface area contributed by atoms with E-state index >= 15 is 0 Å². The minimum absolute atomic E-state index is 0.0973. The number of fused-ring (bicyclic) bond motifs is 13. The summed E-state index contributed by atoms with van der Waals surface area (Å²) in [6, 6.07) is 15.2. The lowest BCUT2D eigenvalue weighted by Crippen LogP contribution is -2.53. The molecule has 2 aliphatic heterocycles. The van der Waals surface area contributed by atoms with E-state index in [-0.39, 0.29) is 25.1 Å². The number of esters is 1. The van der Waals surface area contributed by atoms with Crippen molar-refractivity contribution in [2.75, 3.05) is 13.2 Å². The average Bonchev–Trinajstić information content (AvgIpc) is 3.57. The van der Waals surface area contributed by atoms with Gasteiger partial charge in [-0.25, -0.2) is 4.79 Å². The van der Waals surface area contributed by atoms with E-state index in [1.165, 1.54) is 0 Å². The largest absolute Gasteiger partial charge is 0.463 e. The van der Waals surface area contributed by atoms with Crippen molar-refractivity contribution in [2.45, 2.75) is 30.5 Å². The molecular formula is C28H23N5O4. The smallest absolute Gasteiger partial charge is 0.328 e.